The molecule has 0 saturated heterocycles. The Morgan fingerprint density at radius 1 is 1.11 bits per heavy atom. The van der Waals surface area contributed by atoms with Crippen molar-refractivity contribution >= 4 is 17.0 Å². The van der Waals surface area contributed by atoms with Gasteiger partial charge in [-0.2, -0.15) is 0 Å². The number of aromatic amines is 1. The van der Waals surface area contributed by atoms with Crippen LogP contribution in [0.4, 0.5) is 5.82 Å². The molecule has 2 N–H and O–H groups in total. The summed E-state index contributed by atoms with van der Waals surface area (Å²) >= 11 is 0. The SMILES string of the molecule is CC(C)C(CNc1ncnc2nc[nH]c12)C(C)C. The molecule has 2 aromatic heterocycles. The van der Waals surface area contributed by atoms with Gasteiger partial charge < -0.3 is 10.3 Å². The molecule has 0 fully saturated rings. The number of H-pyrrole nitrogens is 1. The Balaban J connectivity index is 2.12. The molecule has 0 aliphatic rings. The maximum atomic E-state index is 4.28. The van der Waals surface area contributed by atoms with Gasteiger partial charge in [-0.05, 0) is 17.8 Å². The Morgan fingerprint density at radius 3 is 2.50 bits per heavy atom. The zero-order chi connectivity index (χ0) is 13.1. The highest BCUT2D eigenvalue weighted by molar-refractivity contribution is 5.81. The summed E-state index contributed by atoms with van der Waals surface area (Å²) in [6, 6.07) is 0. The Labute approximate surface area is 107 Å². The minimum atomic E-state index is 0.623. The van der Waals surface area contributed by atoms with E-state index in [2.05, 4.69) is 52.9 Å². The molecule has 0 amide bonds. The largest absolute Gasteiger partial charge is 0.368 e. The molecule has 0 aliphatic heterocycles. The van der Waals surface area contributed by atoms with Crippen molar-refractivity contribution in [2.24, 2.45) is 17.8 Å². The first-order valence-corrected chi connectivity index (χ1v) is 6.47. The normalized spacial score (nSPS) is 11.9. The standard InChI is InChI=1S/C13H21N5/c1-8(2)10(9(3)4)5-14-12-11-13(16-6-15-11)18-7-17-12/h6-10H,5H2,1-4H3,(H2,14,15,16,17,18). The van der Waals surface area contributed by atoms with Crippen LogP contribution in [0.3, 0.4) is 0 Å². The maximum absolute atomic E-state index is 4.28. The minimum absolute atomic E-state index is 0.623. The van der Waals surface area contributed by atoms with E-state index in [0.717, 1.165) is 17.9 Å². The Hall–Kier alpha value is -1.65. The third-order valence-electron chi connectivity index (χ3n) is 3.44. The van der Waals surface area contributed by atoms with E-state index < -0.39 is 0 Å². The van der Waals surface area contributed by atoms with Crippen molar-refractivity contribution < 1.29 is 0 Å². The van der Waals surface area contributed by atoms with Crippen LogP contribution in [0.5, 0.6) is 0 Å². The Morgan fingerprint density at radius 2 is 1.83 bits per heavy atom. The Bertz CT molecular complexity index is 495. The van der Waals surface area contributed by atoms with Crippen LogP contribution < -0.4 is 5.32 Å². The molecule has 0 unspecified atom stereocenters. The van der Waals surface area contributed by atoms with Crippen LogP contribution in [0.15, 0.2) is 12.7 Å². The number of imidazole rings is 1. The van der Waals surface area contributed by atoms with Gasteiger partial charge in [0, 0.05) is 6.54 Å². The molecule has 0 radical (unpaired) electrons. The van der Waals surface area contributed by atoms with E-state index in [-0.39, 0.29) is 0 Å². The molecule has 5 nitrogen and oxygen atoms in total. The van der Waals surface area contributed by atoms with Crippen LogP contribution in [0.2, 0.25) is 0 Å². The van der Waals surface area contributed by atoms with Gasteiger partial charge in [0.05, 0.1) is 6.33 Å². The molecule has 2 heterocycles. The van der Waals surface area contributed by atoms with E-state index in [1.807, 2.05) is 0 Å². The monoisotopic (exact) mass is 247 g/mol. The van der Waals surface area contributed by atoms with Crippen LogP contribution >= 0.6 is 0 Å². The lowest BCUT2D eigenvalue weighted by atomic mass is 9.85. The summed E-state index contributed by atoms with van der Waals surface area (Å²) in [6.07, 6.45) is 3.19. The second-order valence-corrected chi connectivity index (χ2v) is 5.36. The summed E-state index contributed by atoms with van der Waals surface area (Å²) in [6.45, 7) is 9.97. The predicted octanol–water partition coefficient (Wildman–Crippen LogP) is 2.69. The fourth-order valence-corrected chi connectivity index (χ4v) is 2.35. The molecular formula is C13H21N5. The molecule has 0 aliphatic carbocycles. The van der Waals surface area contributed by atoms with Crippen LogP contribution in [-0.2, 0) is 0 Å². The van der Waals surface area contributed by atoms with E-state index in [1.54, 1.807) is 12.7 Å². The second kappa shape index (κ2) is 5.33. The van der Waals surface area contributed by atoms with E-state index in [0.29, 0.717) is 23.4 Å². The van der Waals surface area contributed by atoms with Crippen molar-refractivity contribution in [3.63, 3.8) is 0 Å². The molecule has 0 aromatic carbocycles. The van der Waals surface area contributed by atoms with E-state index in [1.165, 1.54) is 0 Å². The van der Waals surface area contributed by atoms with Gasteiger partial charge in [0.1, 0.15) is 11.8 Å². The highest BCUT2D eigenvalue weighted by atomic mass is 15.1. The first-order chi connectivity index (χ1) is 8.59. The summed E-state index contributed by atoms with van der Waals surface area (Å²) in [5, 5.41) is 3.41. The van der Waals surface area contributed by atoms with Gasteiger partial charge in [0.25, 0.3) is 0 Å². The number of hydrogen-bond acceptors (Lipinski definition) is 4. The van der Waals surface area contributed by atoms with Crippen molar-refractivity contribution in [1.29, 1.82) is 0 Å². The molecule has 18 heavy (non-hydrogen) atoms. The topological polar surface area (TPSA) is 66.5 Å². The van der Waals surface area contributed by atoms with Crippen LogP contribution in [0, 0.1) is 17.8 Å². The van der Waals surface area contributed by atoms with Gasteiger partial charge in [-0.25, -0.2) is 15.0 Å². The van der Waals surface area contributed by atoms with Crippen LogP contribution in [0.25, 0.3) is 11.2 Å². The number of rotatable bonds is 5. The summed E-state index contributed by atoms with van der Waals surface area (Å²) < 4.78 is 0. The lowest BCUT2D eigenvalue weighted by Crippen LogP contribution is -2.25. The number of fused-ring (bicyclic) bond motifs is 1. The van der Waals surface area contributed by atoms with Gasteiger partial charge >= 0.3 is 0 Å². The first-order valence-electron chi connectivity index (χ1n) is 6.47. The lowest BCUT2D eigenvalue weighted by Gasteiger charge is -2.25. The van der Waals surface area contributed by atoms with Crippen molar-refractivity contribution in [2.75, 3.05) is 11.9 Å². The van der Waals surface area contributed by atoms with Crippen molar-refractivity contribution in [2.45, 2.75) is 27.7 Å². The molecule has 0 saturated carbocycles. The van der Waals surface area contributed by atoms with E-state index in [4.69, 9.17) is 0 Å². The first kappa shape index (κ1) is 12.8. The number of hydrogen-bond donors (Lipinski definition) is 2. The smallest absolute Gasteiger partial charge is 0.182 e. The minimum Gasteiger partial charge on any atom is -0.368 e. The molecule has 2 rings (SSSR count). The molecule has 5 heteroatoms. The quantitative estimate of drug-likeness (QED) is 0.852. The summed E-state index contributed by atoms with van der Waals surface area (Å²) in [7, 11) is 0. The predicted molar refractivity (Wildman–Crippen MR) is 73.3 cm³/mol. The molecule has 0 bridgehead atoms. The number of nitrogens with one attached hydrogen (secondary N) is 2. The van der Waals surface area contributed by atoms with Gasteiger partial charge in [-0.1, -0.05) is 27.7 Å². The van der Waals surface area contributed by atoms with Crippen molar-refractivity contribution in [3.8, 4) is 0 Å². The van der Waals surface area contributed by atoms with Crippen LogP contribution in [-0.4, -0.2) is 26.5 Å². The number of nitrogens with zero attached hydrogens (tertiary/aromatic N) is 3. The molecule has 98 valence electrons. The van der Waals surface area contributed by atoms with Gasteiger partial charge in [-0.15, -0.1) is 0 Å². The van der Waals surface area contributed by atoms with Crippen molar-refractivity contribution in [3.05, 3.63) is 12.7 Å². The van der Waals surface area contributed by atoms with Gasteiger partial charge in [-0.3, -0.25) is 0 Å². The number of anilines is 1. The zero-order valence-corrected chi connectivity index (χ0v) is 11.4. The fraction of sp³-hybridized carbons (Fsp3) is 0.615. The van der Waals surface area contributed by atoms with E-state index >= 15 is 0 Å². The number of aromatic nitrogens is 4. The summed E-state index contributed by atoms with van der Waals surface area (Å²) in [5.41, 5.74) is 1.59. The van der Waals surface area contributed by atoms with Crippen LogP contribution in [0.1, 0.15) is 27.7 Å². The van der Waals surface area contributed by atoms with Gasteiger partial charge in [0.2, 0.25) is 0 Å². The third-order valence-corrected chi connectivity index (χ3v) is 3.44. The highest BCUT2D eigenvalue weighted by Crippen LogP contribution is 2.22. The lowest BCUT2D eigenvalue weighted by molar-refractivity contribution is 0.304. The van der Waals surface area contributed by atoms with Crippen molar-refractivity contribution in [1.82, 2.24) is 19.9 Å². The second-order valence-electron chi connectivity index (χ2n) is 5.36. The molecule has 0 spiro atoms. The molecule has 2 aromatic rings. The highest BCUT2D eigenvalue weighted by Gasteiger charge is 2.18. The fourth-order valence-electron chi connectivity index (χ4n) is 2.35. The maximum Gasteiger partial charge on any atom is 0.182 e. The third kappa shape index (κ3) is 2.60. The van der Waals surface area contributed by atoms with Gasteiger partial charge in [0.15, 0.2) is 11.5 Å². The average molecular weight is 247 g/mol. The molecule has 0 atom stereocenters. The Kier molecular flexibility index (Phi) is 3.79. The average Bonchev–Trinajstić information content (AvgIpc) is 2.77. The summed E-state index contributed by atoms with van der Waals surface area (Å²) in [4.78, 5) is 15.6. The zero-order valence-electron chi connectivity index (χ0n) is 11.4. The van der Waals surface area contributed by atoms with E-state index in [9.17, 15) is 0 Å². The summed E-state index contributed by atoms with van der Waals surface area (Å²) in [5.74, 6) is 2.76. The molecular weight excluding hydrogens is 226 g/mol.